The van der Waals surface area contributed by atoms with E-state index in [1.54, 1.807) is 30.3 Å². The van der Waals surface area contributed by atoms with Gasteiger partial charge in [0.05, 0.1) is 19.8 Å². The number of phenolic OH excluding ortho intramolecular Hbond substituents is 4. The Morgan fingerprint density at radius 2 is 1.24 bits per heavy atom. The maximum absolute atomic E-state index is 13.2. The number of aromatic hydroxyl groups is 4. The normalized spacial score (nSPS) is 11.2. The molecule has 2 heterocycles. The van der Waals surface area contributed by atoms with Crippen molar-refractivity contribution >= 4 is 21.9 Å². The molecule has 0 atom stereocenters. The lowest BCUT2D eigenvalue weighted by molar-refractivity contribution is 0.414. The Bertz CT molecular complexity index is 2140. The first-order chi connectivity index (χ1) is 20.2. The van der Waals surface area contributed by atoms with Crippen LogP contribution >= 0.6 is 0 Å². The van der Waals surface area contributed by atoms with E-state index in [-0.39, 0.29) is 56.1 Å². The molecule has 0 bridgehead atoms. The first kappa shape index (κ1) is 26.3. The van der Waals surface area contributed by atoms with Gasteiger partial charge in [-0.1, -0.05) is 0 Å². The number of hydrogen-bond donors (Lipinski definition) is 4. The summed E-state index contributed by atoms with van der Waals surface area (Å²) in [5.41, 5.74) is -0.175. The first-order valence-electron chi connectivity index (χ1n) is 12.5. The van der Waals surface area contributed by atoms with Gasteiger partial charge in [0.2, 0.25) is 0 Å². The molecule has 6 aromatic rings. The molecule has 10 nitrogen and oxygen atoms in total. The zero-order chi connectivity index (χ0) is 29.7. The molecule has 0 radical (unpaired) electrons. The lowest BCUT2D eigenvalue weighted by atomic mass is 9.96. The van der Waals surface area contributed by atoms with Crippen molar-refractivity contribution in [2.75, 3.05) is 14.2 Å². The third-order valence-corrected chi connectivity index (χ3v) is 6.89. The Balaban J connectivity index is 1.53. The molecule has 10 heteroatoms. The van der Waals surface area contributed by atoms with Gasteiger partial charge in [-0.15, -0.1) is 0 Å². The van der Waals surface area contributed by atoms with Gasteiger partial charge in [-0.2, -0.15) is 0 Å². The van der Waals surface area contributed by atoms with Crippen molar-refractivity contribution in [3.05, 3.63) is 93.2 Å². The van der Waals surface area contributed by atoms with Crippen LogP contribution in [0.25, 0.3) is 55.7 Å². The number of rotatable bonds is 5. The smallest absolute Gasteiger partial charge is 0.197 e. The van der Waals surface area contributed by atoms with Crippen LogP contribution in [0.2, 0.25) is 0 Å². The average Bonchev–Trinajstić information content (AvgIpc) is 2.96. The van der Waals surface area contributed by atoms with Gasteiger partial charge in [0, 0.05) is 47.0 Å². The van der Waals surface area contributed by atoms with Crippen LogP contribution in [0.15, 0.2) is 91.2 Å². The van der Waals surface area contributed by atoms with E-state index in [0.717, 1.165) is 6.07 Å². The average molecular weight is 567 g/mol. The minimum absolute atomic E-state index is 0.0395. The van der Waals surface area contributed by atoms with Gasteiger partial charge < -0.3 is 38.7 Å². The second kappa shape index (κ2) is 9.93. The van der Waals surface area contributed by atoms with Gasteiger partial charge in [-0.05, 0) is 42.5 Å². The zero-order valence-electron chi connectivity index (χ0n) is 22.2. The summed E-state index contributed by atoms with van der Waals surface area (Å²) < 4.78 is 22.3. The number of hydrogen-bond acceptors (Lipinski definition) is 10. The van der Waals surface area contributed by atoms with Crippen molar-refractivity contribution in [3.8, 4) is 68.3 Å². The highest BCUT2D eigenvalue weighted by Crippen LogP contribution is 2.47. The highest BCUT2D eigenvalue weighted by molar-refractivity contribution is 5.97. The van der Waals surface area contributed by atoms with Crippen LogP contribution in [0.1, 0.15) is 0 Å². The molecule has 0 fully saturated rings. The third kappa shape index (κ3) is 4.31. The summed E-state index contributed by atoms with van der Waals surface area (Å²) in [6.45, 7) is 0. The number of fused-ring (bicyclic) bond motifs is 2. The highest BCUT2D eigenvalue weighted by Gasteiger charge is 2.23. The quantitative estimate of drug-likeness (QED) is 0.203. The van der Waals surface area contributed by atoms with E-state index in [0.29, 0.717) is 16.9 Å². The van der Waals surface area contributed by atoms with Crippen molar-refractivity contribution < 1.29 is 38.7 Å². The van der Waals surface area contributed by atoms with Gasteiger partial charge in [-0.25, -0.2) is 0 Å². The lowest BCUT2D eigenvalue weighted by Gasteiger charge is -2.15. The number of phenols is 4. The van der Waals surface area contributed by atoms with Crippen LogP contribution in [-0.4, -0.2) is 34.6 Å². The SMILES string of the molecule is COc1ccc(-c2cc(=O)c3c(O)c(-c4cc(-c5cc(=O)c6c(O)cc(O)cc6o5)ccc4OC)c(O)cc3o2)cc1. The van der Waals surface area contributed by atoms with Crippen LogP contribution in [0.5, 0.6) is 34.5 Å². The number of ether oxygens (including phenoxy) is 2. The summed E-state index contributed by atoms with van der Waals surface area (Å²) in [4.78, 5) is 26.0. The maximum atomic E-state index is 13.2. The molecule has 0 aliphatic rings. The van der Waals surface area contributed by atoms with Gasteiger partial charge >= 0.3 is 0 Å². The van der Waals surface area contributed by atoms with Crippen LogP contribution in [0.4, 0.5) is 0 Å². The van der Waals surface area contributed by atoms with Crippen molar-refractivity contribution in [1.29, 1.82) is 0 Å². The molecule has 0 aliphatic carbocycles. The molecule has 6 rings (SSSR count). The van der Waals surface area contributed by atoms with Gasteiger partial charge in [0.15, 0.2) is 10.9 Å². The highest BCUT2D eigenvalue weighted by atomic mass is 16.5. The predicted octanol–water partition coefficient (Wildman–Crippen LogP) is 5.74. The minimum atomic E-state index is -0.553. The van der Waals surface area contributed by atoms with E-state index in [1.165, 1.54) is 50.6 Å². The summed E-state index contributed by atoms with van der Waals surface area (Å²) in [6.07, 6.45) is 0. The topological polar surface area (TPSA) is 160 Å². The Morgan fingerprint density at radius 3 is 1.90 bits per heavy atom. The van der Waals surface area contributed by atoms with Crippen LogP contribution < -0.4 is 20.3 Å². The van der Waals surface area contributed by atoms with Gasteiger partial charge in [0.1, 0.15) is 68.0 Å². The Hall–Kier alpha value is -5.90. The first-order valence-corrected chi connectivity index (χ1v) is 12.5. The summed E-state index contributed by atoms with van der Waals surface area (Å²) in [5, 5.41) is 42.1. The van der Waals surface area contributed by atoms with E-state index in [4.69, 9.17) is 18.3 Å². The van der Waals surface area contributed by atoms with Crippen molar-refractivity contribution in [2.24, 2.45) is 0 Å². The Morgan fingerprint density at radius 1 is 0.619 bits per heavy atom. The largest absolute Gasteiger partial charge is 0.508 e. The van der Waals surface area contributed by atoms with Crippen molar-refractivity contribution in [3.63, 3.8) is 0 Å². The van der Waals surface area contributed by atoms with E-state index < -0.39 is 28.1 Å². The monoisotopic (exact) mass is 566 g/mol. The van der Waals surface area contributed by atoms with E-state index in [9.17, 15) is 30.0 Å². The Labute approximate surface area is 236 Å². The molecular weight excluding hydrogens is 544 g/mol. The molecule has 0 amide bonds. The molecule has 0 saturated heterocycles. The van der Waals surface area contributed by atoms with Gasteiger partial charge in [0.25, 0.3) is 0 Å². The molecular formula is C32H22O10. The lowest BCUT2D eigenvalue weighted by Crippen LogP contribution is -2.02. The molecule has 0 unspecified atom stereocenters. The van der Waals surface area contributed by atoms with Crippen LogP contribution in [0.3, 0.4) is 0 Å². The van der Waals surface area contributed by atoms with Crippen LogP contribution in [-0.2, 0) is 0 Å². The summed E-state index contributed by atoms with van der Waals surface area (Å²) in [6, 6.07) is 17.3. The molecule has 4 aromatic carbocycles. The fourth-order valence-electron chi connectivity index (χ4n) is 4.91. The third-order valence-electron chi connectivity index (χ3n) is 6.89. The molecule has 0 saturated carbocycles. The van der Waals surface area contributed by atoms with Gasteiger partial charge in [-0.3, -0.25) is 9.59 Å². The predicted molar refractivity (Wildman–Crippen MR) is 155 cm³/mol. The zero-order valence-corrected chi connectivity index (χ0v) is 22.2. The van der Waals surface area contributed by atoms with E-state index in [1.807, 2.05) is 0 Å². The van der Waals surface area contributed by atoms with Crippen LogP contribution in [0, 0.1) is 0 Å². The fourth-order valence-corrected chi connectivity index (χ4v) is 4.91. The summed E-state index contributed by atoms with van der Waals surface area (Å²) in [5.74, 6) is -0.505. The molecule has 0 aliphatic heterocycles. The van der Waals surface area contributed by atoms with Crippen molar-refractivity contribution in [1.82, 2.24) is 0 Å². The standard InChI is InChI=1S/C32H22O10/c1-39-18-6-3-15(4-7-18)25-13-23(37)31-28(41-25)14-21(35)29(32(31)38)19-9-16(5-8-24(19)40-2)26-12-22(36)30-20(34)10-17(33)11-27(30)42-26/h3-14,33-35,38H,1-2H3. The molecule has 0 spiro atoms. The second-order valence-corrected chi connectivity index (χ2v) is 9.42. The second-order valence-electron chi connectivity index (χ2n) is 9.42. The van der Waals surface area contributed by atoms with E-state index >= 15 is 0 Å². The Kier molecular flexibility index (Phi) is 6.23. The van der Waals surface area contributed by atoms with E-state index in [2.05, 4.69) is 0 Å². The summed E-state index contributed by atoms with van der Waals surface area (Å²) in [7, 11) is 2.93. The molecule has 210 valence electrons. The fraction of sp³-hybridized carbons (Fsp3) is 0.0625. The number of methoxy groups -OCH3 is 2. The van der Waals surface area contributed by atoms with Crippen molar-refractivity contribution in [2.45, 2.75) is 0 Å². The minimum Gasteiger partial charge on any atom is -0.508 e. The molecule has 42 heavy (non-hydrogen) atoms. The summed E-state index contributed by atoms with van der Waals surface area (Å²) >= 11 is 0. The molecule has 4 N–H and O–H groups in total. The maximum Gasteiger partial charge on any atom is 0.197 e. The number of benzene rings is 4. The molecule has 2 aromatic heterocycles.